The molecule has 0 radical (unpaired) electrons. The van der Waals surface area contributed by atoms with Crippen molar-refractivity contribution in [3.05, 3.63) is 114 Å². The summed E-state index contributed by atoms with van der Waals surface area (Å²) < 4.78 is 5.28. The molecule has 0 aliphatic carbocycles. The molecule has 2 amide bonds. The number of carboxylic acids is 1. The molecule has 0 aliphatic heterocycles. The van der Waals surface area contributed by atoms with Gasteiger partial charge in [0.1, 0.15) is 5.75 Å². The lowest BCUT2D eigenvalue weighted by atomic mass is 10.1. The number of urea groups is 1. The van der Waals surface area contributed by atoms with Gasteiger partial charge in [-0.1, -0.05) is 54.2 Å². The Labute approximate surface area is 220 Å². The largest absolute Gasteiger partial charge is 0.497 e. The third-order valence-electron chi connectivity index (χ3n) is 5.86. The average Bonchev–Trinajstić information content (AvgIpc) is 2.91. The summed E-state index contributed by atoms with van der Waals surface area (Å²) in [6, 6.07) is 32.0. The zero-order valence-electron chi connectivity index (χ0n) is 20.6. The molecule has 188 valence electrons. The molecule has 0 saturated carbocycles. The number of nitrogens with zero attached hydrogens (tertiary/aromatic N) is 1. The second-order valence-electron chi connectivity index (χ2n) is 8.43. The minimum Gasteiger partial charge on any atom is -0.497 e. The van der Waals surface area contributed by atoms with Crippen LogP contribution in [0.3, 0.4) is 0 Å². The predicted molar refractivity (Wildman–Crippen MR) is 148 cm³/mol. The van der Waals surface area contributed by atoms with Crippen LogP contribution >= 0.6 is 11.8 Å². The number of methoxy groups -OCH3 is 1. The molecule has 0 aromatic heterocycles. The van der Waals surface area contributed by atoms with E-state index in [0.717, 1.165) is 32.4 Å². The zero-order chi connectivity index (χ0) is 26.2. The summed E-state index contributed by atoms with van der Waals surface area (Å²) in [7, 11) is 1.61. The molecule has 1 atom stereocenters. The first-order valence-electron chi connectivity index (χ1n) is 11.8. The standard InChI is InChI=1S/C30H28N2O4S/c1-21(23-6-4-3-5-7-23)32(25-12-14-26(36-2)15-13-25)30(35)31-24-10-18-28(19-11-24)37-27-16-8-22(9-17-27)20-29(33)34/h3-19,21H,20H2,1-2H3,(H,31,35)(H,33,34). The van der Waals surface area contributed by atoms with Gasteiger partial charge in [0.25, 0.3) is 0 Å². The van der Waals surface area contributed by atoms with E-state index in [1.165, 1.54) is 0 Å². The van der Waals surface area contributed by atoms with Crippen molar-refractivity contribution in [3.63, 3.8) is 0 Å². The number of rotatable bonds is 9. The van der Waals surface area contributed by atoms with Gasteiger partial charge < -0.3 is 15.2 Å². The van der Waals surface area contributed by atoms with Gasteiger partial charge in [0.05, 0.1) is 19.6 Å². The first kappa shape index (κ1) is 25.9. The van der Waals surface area contributed by atoms with Gasteiger partial charge in [-0.15, -0.1) is 0 Å². The lowest BCUT2D eigenvalue weighted by Gasteiger charge is -2.30. The average molecular weight is 513 g/mol. The summed E-state index contributed by atoms with van der Waals surface area (Å²) in [6.45, 7) is 2.00. The van der Waals surface area contributed by atoms with Crippen molar-refractivity contribution in [1.29, 1.82) is 0 Å². The molecule has 7 heteroatoms. The molecular weight excluding hydrogens is 484 g/mol. The molecule has 0 bridgehead atoms. The number of carbonyl (C=O) groups is 2. The number of benzene rings is 4. The van der Waals surface area contributed by atoms with Crippen molar-refractivity contribution >= 4 is 35.1 Å². The lowest BCUT2D eigenvalue weighted by molar-refractivity contribution is -0.136. The van der Waals surface area contributed by atoms with E-state index in [4.69, 9.17) is 9.84 Å². The number of nitrogens with one attached hydrogen (secondary N) is 1. The number of aliphatic carboxylic acids is 1. The molecule has 0 saturated heterocycles. The smallest absolute Gasteiger partial charge is 0.326 e. The highest BCUT2D eigenvalue weighted by Crippen LogP contribution is 2.31. The van der Waals surface area contributed by atoms with Crippen LogP contribution in [0, 0.1) is 0 Å². The first-order valence-corrected chi connectivity index (χ1v) is 12.6. The maximum absolute atomic E-state index is 13.5. The van der Waals surface area contributed by atoms with Gasteiger partial charge in [-0.2, -0.15) is 0 Å². The van der Waals surface area contributed by atoms with Crippen LogP contribution in [-0.4, -0.2) is 24.2 Å². The van der Waals surface area contributed by atoms with Gasteiger partial charge in [0, 0.05) is 21.2 Å². The summed E-state index contributed by atoms with van der Waals surface area (Å²) in [5.41, 5.74) is 3.23. The van der Waals surface area contributed by atoms with Crippen molar-refractivity contribution in [2.24, 2.45) is 0 Å². The summed E-state index contributed by atoms with van der Waals surface area (Å²) in [5.74, 6) is -0.122. The second kappa shape index (κ2) is 12.1. The van der Waals surface area contributed by atoms with E-state index in [1.54, 1.807) is 23.8 Å². The monoisotopic (exact) mass is 512 g/mol. The highest BCUT2D eigenvalue weighted by Gasteiger charge is 2.23. The molecule has 4 aromatic rings. The number of carbonyl (C=O) groups excluding carboxylic acids is 1. The predicted octanol–water partition coefficient (Wildman–Crippen LogP) is 7.27. The summed E-state index contributed by atoms with van der Waals surface area (Å²) in [6.07, 6.45) is 0.00970. The molecule has 0 spiro atoms. The minimum absolute atomic E-state index is 0.00970. The van der Waals surface area contributed by atoms with Crippen LogP contribution in [0.2, 0.25) is 0 Å². The summed E-state index contributed by atoms with van der Waals surface area (Å²) >= 11 is 1.57. The van der Waals surface area contributed by atoms with Crippen molar-refractivity contribution in [3.8, 4) is 5.75 Å². The fraction of sp³-hybridized carbons (Fsp3) is 0.133. The molecule has 0 aliphatic rings. The Morgan fingerprint density at radius 3 is 2.03 bits per heavy atom. The van der Waals surface area contributed by atoms with Gasteiger partial charge in [-0.25, -0.2) is 4.79 Å². The Bertz CT molecular complexity index is 1330. The molecular formula is C30H28N2O4S. The highest BCUT2D eigenvalue weighted by molar-refractivity contribution is 7.99. The van der Waals surface area contributed by atoms with E-state index >= 15 is 0 Å². The maximum atomic E-state index is 13.5. The normalized spacial score (nSPS) is 11.4. The van der Waals surface area contributed by atoms with Crippen LogP contribution in [-0.2, 0) is 11.2 Å². The second-order valence-corrected chi connectivity index (χ2v) is 9.57. The highest BCUT2D eigenvalue weighted by atomic mass is 32.2. The fourth-order valence-corrected chi connectivity index (χ4v) is 4.73. The van der Waals surface area contributed by atoms with Crippen LogP contribution in [0.15, 0.2) is 113 Å². The molecule has 4 rings (SSSR count). The molecule has 37 heavy (non-hydrogen) atoms. The topological polar surface area (TPSA) is 78.9 Å². The SMILES string of the molecule is COc1ccc(N(C(=O)Nc2ccc(Sc3ccc(CC(=O)O)cc3)cc2)C(C)c2ccccc2)cc1. The van der Waals surface area contributed by atoms with Gasteiger partial charge >= 0.3 is 12.0 Å². The Kier molecular flexibility index (Phi) is 8.48. The van der Waals surface area contributed by atoms with Crippen molar-refractivity contribution in [2.75, 3.05) is 17.3 Å². The molecule has 0 heterocycles. The number of amides is 2. The molecule has 4 aromatic carbocycles. The van der Waals surface area contributed by atoms with E-state index in [1.807, 2.05) is 110 Å². The van der Waals surface area contributed by atoms with E-state index in [2.05, 4.69) is 5.32 Å². The Hall–Kier alpha value is -4.23. The first-order chi connectivity index (χ1) is 17.9. The Morgan fingerprint density at radius 1 is 0.865 bits per heavy atom. The summed E-state index contributed by atoms with van der Waals surface area (Å²) in [5, 5.41) is 12.0. The van der Waals surface area contributed by atoms with Crippen LogP contribution in [0.5, 0.6) is 5.75 Å². The zero-order valence-corrected chi connectivity index (χ0v) is 21.4. The van der Waals surface area contributed by atoms with Crippen LogP contribution in [0.25, 0.3) is 0 Å². The number of ether oxygens (including phenoxy) is 1. The lowest BCUT2D eigenvalue weighted by Crippen LogP contribution is -2.37. The quantitative estimate of drug-likeness (QED) is 0.246. The number of hydrogen-bond acceptors (Lipinski definition) is 4. The Morgan fingerprint density at radius 2 is 1.46 bits per heavy atom. The fourth-order valence-electron chi connectivity index (χ4n) is 3.92. The number of carboxylic acid groups (broad SMARTS) is 1. The third kappa shape index (κ3) is 6.92. The van der Waals surface area contributed by atoms with Crippen LogP contribution in [0.4, 0.5) is 16.2 Å². The summed E-state index contributed by atoms with van der Waals surface area (Å²) in [4.78, 5) is 28.1. The van der Waals surface area contributed by atoms with Gasteiger partial charge in [0.2, 0.25) is 0 Å². The maximum Gasteiger partial charge on any atom is 0.326 e. The minimum atomic E-state index is -0.846. The van der Waals surface area contributed by atoms with Crippen molar-refractivity contribution in [2.45, 2.75) is 29.2 Å². The van der Waals surface area contributed by atoms with Gasteiger partial charge in [0.15, 0.2) is 0 Å². The van der Waals surface area contributed by atoms with Gasteiger partial charge in [-0.05, 0) is 78.7 Å². The van der Waals surface area contributed by atoms with Crippen molar-refractivity contribution < 1.29 is 19.4 Å². The molecule has 6 nitrogen and oxygen atoms in total. The molecule has 2 N–H and O–H groups in total. The van der Waals surface area contributed by atoms with E-state index in [0.29, 0.717) is 5.69 Å². The van der Waals surface area contributed by atoms with E-state index in [-0.39, 0.29) is 18.5 Å². The molecule has 0 fully saturated rings. The van der Waals surface area contributed by atoms with E-state index < -0.39 is 5.97 Å². The van der Waals surface area contributed by atoms with Crippen molar-refractivity contribution in [1.82, 2.24) is 0 Å². The third-order valence-corrected chi connectivity index (χ3v) is 6.87. The van der Waals surface area contributed by atoms with E-state index in [9.17, 15) is 9.59 Å². The molecule has 1 unspecified atom stereocenters. The van der Waals surface area contributed by atoms with Gasteiger partial charge in [-0.3, -0.25) is 9.69 Å². The Balaban J connectivity index is 1.48. The van der Waals surface area contributed by atoms with Crippen LogP contribution < -0.4 is 15.0 Å². The number of anilines is 2. The van der Waals surface area contributed by atoms with Crippen LogP contribution in [0.1, 0.15) is 24.1 Å². The number of hydrogen-bond donors (Lipinski definition) is 2.